The zero-order valence-corrected chi connectivity index (χ0v) is 9.12. The number of aliphatic hydroxyl groups excluding tert-OH is 1. The van der Waals surface area contributed by atoms with E-state index in [0.717, 1.165) is 17.2 Å². The maximum absolute atomic E-state index is 8.87. The van der Waals surface area contributed by atoms with E-state index in [4.69, 9.17) is 16.7 Å². The van der Waals surface area contributed by atoms with Crippen LogP contribution in [0.2, 0.25) is 5.15 Å². The quantitative estimate of drug-likeness (QED) is 0.834. The van der Waals surface area contributed by atoms with Gasteiger partial charge in [-0.1, -0.05) is 11.6 Å². The number of nitrogens with one attached hydrogen (secondary N) is 1. The summed E-state index contributed by atoms with van der Waals surface area (Å²) < 4.78 is 1.89. The average Bonchev–Trinajstić information content (AvgIpc) is 2.77. The Morgan fingerprint density at radius 3 is 3.00 bits per heavy atom. The summed E-state index contributed by atoms with van der Waals surface area (Å²) in [6.07, 6.45) is 2.35. The predicted molar refractivity (Wildman–Crippen MR) is 58.8 cm³/mol. The molecule has 0 aromatic carbocycles. The zero-order chi connectivity index (χ0) is 10.8. The molecule has 0 radical (unpaired) electrons. The number of hydrogen-bond acceptors (Lipinski definition) is 2. The van der Waals surface area contributed by atoms with Gasteiger partial charge in [-0.2, -0.15) is 0 Å². The highest BCUT2D eigenvalue weighted by Gasteiger charge is 2.14. The lowest BCUT2D eigenvalue weighted by Gasteiger charge is -2.03. The largest absolute Gasteiger partial charge is 0.396 e. The third-order valence-electron chi connectivity index (χ3n) is 2.33. The first-order valence-electron chi connectivity index (χ1n) is 4.69. The summed E-state index contributed by atoms with van der Waals surface area (Å²) in [5, 5.41) is 9.33. The normalized spacial score (nSPS) is 10.9. The highest BCUT2D eigenvalue weighted by Crippen LogP contribution is 2.26. The van der Waals surface area contributed by atoms with Crippen molar-refractivity contribution in [3.63, 3.8) is 0 Å². The maximum atomic E-state index is 8.87. The van der Waals surface area contributed by atoms with E-state index in [1.807, 2.05) is 29.9 Å². The van der Waals surface area contributed by atoms with Crippen molar-refractivity contribution in [2.24, 2.45) is 7.05 Å². The fourth-order valence-corrected chi connectivity index (χ4v) is 1.93. The first-order chi connectivity index (χ1) is 7.24. The molecule has 15 heavy (non-hydrogen) atoms. The number of halogens is 1. The lowest BCUT2D eigenvalue weighted by Crippen LogP contribution is -2.02. The van der Waals surface area contributed by atoms with Gasteiger partial charge in [-0.3, -0.25) is 0 Å². The fraction of sp³-hybridized carbons (Fsp3) is 0.300. The van der Waals surface area contributed by atoms with E-state index >= 15 is 0 Å². The predicted octanol–water partition coefficient (Wildman–Crippen LogP) is 1.60. The molecule has 0 aliphatic carbocycles. The molecule has 0 atom stereocenters. The first-order valence-corrected chi connectivity index (χ1v) is 5.07. The van der Waals surface area contributed by atoms with Crippen molar-refractivity contribution in [2.75, 3.05) is 6.61 Å². The van der Waals surface area contributed by atoms with Crippen LogP contribution in [-0.4, -0.2) is 26.2 Å². The summed E-state index contributed by atoms with van der Waals surface area (Å²) in [4.78, 5) is 7.29. The van der Waals surface area contributed by atoms with Crippen molar-refractivity contribution >= 4 is 11.6 Å². The number of rotatable bonds is 3. The lowest BCUT2D eigenvalue weighted by atomic mass is 10.3. The third-order valence-corrected chi connectivity index (χ3v) is 2.60. The summed E-state index contributed by atoms with van der Waals surface area (Å²) >= 11 is 6.04. The smallest absolute Gasteiger partial charge is 0.156 e. The third kappa shape index (κ3) is 1.78. The van der Waals surface area contributed by atoms with Gasteiger partial charge in [-0.05, 0) is 12.1 Å². The minimum atomic E-state index is 0.0748. The number of H-pyrrole nitrogens is 1. The number of imidazole rings is 1. The van der Waals surface area contributed by atoms with E-state index in [1.165, 1.54) is 0 Å². The molecule has 2 heterocycles. The first kappa shape index (κ1) is 10.3. The van der Waals surface area contributed by atoms with Gasteiger partial charge in [0, 0.05) is 19.7 Å². The molecule has 0 saturated carbocycles. The highest BCUT2D eigenvalue weighted by molar-refractivity contribution is 6.31. The van der Waals surface area contributed by atoms with E-state index in [0.29, 0.717) is 11.6 Å². The van der Waals surface area contributed by atoms with Gasteiger partial charge in [0.25, 0.3) is 0 Å². The van der Waals surface area contributed by atoms with Crippen LogP contribution in [0.4, 0.5) is 0 Å². The topological polar surface area (TPSA) is 53.8 Å². The van der Waals surface area contributed by atoms with Gasteiger partial charge in [0.15, 0.2) is 5.15 Å². The van der Waals surface area contributed by atoms with Gasteiger partial charge in [0.2, 0.25) is 0 Å². The molecule has 0 spiro atoms. The Labute approximate surface area is 92.5 Å². The van der Waals surface area contributed by atoms with Gasteiger partial charge in [0.1, 0.15) is 11.5 Å². The van der Waals surface area contributed by atoms with Crippen molar-refractivity contribution in [3.05, 3.63) is 29.3 Å². The molecule has 0 aliphatic heterocycles. The van der Waals surface area contributed by atoms with Crippen molar-refractivity contribution in [3.8, 4) is 11.4 Å². The minimum Gasteiger partial charge on any atom is -0.396 e. The number of nitrogens with zero attached hydrogens (tertiary/aromatic N) is 2. The molecule has 0 amide bonds. The molecule has 0 aliphatic rings. The van der Waals surface area contributed by atoms with Gasteiger partial charge in [0.05, 0.1) is 12.3 Å². The Bertz CT molecular complexity index is 447. The molecular formula is C10H12ClN3O. The minimum absolute atomic E-state index is 0.0748. The summed E-state index contributed by atoms with van der Waals surface area (Å²) in [6.45, 7) is 0.0748. The van der Waals surface area contributed by atoms with Crippen LogP contribution in [0.1, 0.15) is 5.82 Å². The molecule has 2 N–H and O–H groups in total. The van der Waals surface area contributed by atoms with Gasteiger partial charge in [-0.25, -0.2) is 4.98 Å². The summed E-state index contributed by atoms with van der Waals surface area (Å²) in [5.41, 5.74) is 1.78. The molecule has 2 aromatic rings. The van der Waals surface area contributed by atoms with Gasteiger partial charge >= 0.3 is 0 Å². The van der Waals surface area contributed by atoms with Crippen LogP contribution in [0.15, 0.2) is 18.3 Å². The standard InChI is InChI=1S/C10H12ClN3O/c1-14-8(4-6-15)13-10(11)9(14)7-3-2-5-12-7/h2-3,5,12,15H,4,6H2,1H3. The van der Waals surface area contributed by atoms with Crippen molar-refractivity contribution in [2.45, 2.75) is 6.42 Å². The Balaban J connectivity index is 2.48. The molecule has 80 valence electrons. The molecule has 4 nitrogen and oxygen atoms in total. The second kappa shape index (κ2) is 4.08. The van der Waals surface area contributed by atoms with Crippen LogP contribution in [0.5, 0.6) is 0 Å². The molecule has 0 bridgehead atoms. The maximum Gasteiger partial charge on any atom is 0.156 e. The Kier molecular flexibility index (Phi) is 2.79. The number of aromatic amines is 1. The number of aromatic nitrogens is 3. The summed E-state index contributed by atoms with van der Waals surface area (Å²) in [5.74, 6) is 0.784. The zero-order valence-electron chi connectivity index (χ0n) is 8.37. The SMILES string of the molecule is Cn1c(CCO)nc(Cl)c1-c1ccc[nH]1. The van der Waals surface area contributed by atoms with Crippen molar-refractivity contribution in [1.29, 1.82) is 0 Å². The molecule has 0 fully saturated rings. The van der Waals surface area contributed by atoms with E-state index in [-0.39, 0.29) is 6.61 Å². The van der Waals surface area contributed by atoms with Crippen LogP contribution in [0.25, 0.3) is 11.4 Å². The lowest BCUT2D eigenvalue weighted by molar-refractivity contribution is 0.295. The van der Waals surface area contributed by atoms with E-state index < -0.39 is 0 Å². The summed E-state index contributed by atoms with van der Waals surface area (Å²) in [6, 6.07) is 3.84. The van der Waals surface area contributed by atoms with Crippen LogP contribution >= 0.6 is 11.6 Å². The monoisotopic (exact) mass is 225 g/mol. The van der Waals surface area contributed by atoms with Crippen LogP contribution in [-0.2, 0) is 13.5 Å². The molecule has 0 saturated heterocycles. The molecule has 2 rings (SSSR count). The number of hydrogen-bond donors (Lipinski definition) is 2. The number of aliphatic hydroxyl groups is 1. The van der Waals surface area contributed by atoms with Crippen molar-refractivity contribution < 1.29 is 5.11 Å². The van der Waals surface area contributed by atoms with E-state index in [2.05, 4.69) is 9.97 Å². The van der Waals surface area contributed by atoms with Crippen LogP contribution < -0.4 is 0 Å². The van der Waals surface area contributed by atoms with Gasteiger partial charge < -0.3 is 14.7 Å². The van der Waals surface area contributed by atoms with Crippen LogP contribution in [0, 0.1) is 0 Å². The van der Waals surface area contributed by atoms with Crippen LogP contribution in [0.3, 0.4) is 0 Å². The second-order valence-electron chi connectivity index (χ2n) is 3.28. The van der Waals surface area contributed by atoms with E-state index in [9.17, 15) is 0 Å². The summed E-state index contributed by atoms with van der Waals surface area (Å²) in [7, 11) is 1.89. The van der Waals surface area contributed by atoms with E-state index in [1.54, 1.807) is 0 Å². The Morgan fingerprint density at radius 1 is 1.60 bits per heavy atom. The molecule has 0 unspecified atom stereocenters. The van der Waals surface area contributed by atoms with Crippen molar-refractivity contribution in [1.82, 2.24) is 14.5 Å². The Morgan fingerprint density at radius 2 is 2.40 bits per heavy atom. The van der Waals surface area contributed by atoms with Gasteiger partial charge in [-0.15, -0.1) is 0 Å². The fourth-order valence-electron chi connectivity index (χ4n) is 1.60. The second-order valence-corrected chi connectivity index (χ2v) is 3.64. The molecule has 2 aromatic heterocycles. The average molecular weight is 226 g/mol. The molecular weight excluding hydrogens is 214 g/mol. The Hall–Kier alpha value is -1.26. The molecule has 5 heteroatoms. The highest BCUT2D eigenvalue weighted by atomic mass is 35.5.